The molecule has 8 heteroatoms. The van der Waals surface area contributed by atoms with Gasteiger partial charge < -0.3 is 5.11 Å². The lowest BCUT2D eigenvalue weighted by Crippen LogP contribution is -2.57. The van der Waals surface area contributed by atoms with Crippen molar-refractivity contribution >= 4 is 23.4 Å². The predicted molar refractivity (Wildman–Crippen MR) is 99.1 cm³/mol. The van der Waals surface area contributed by atoms with Crippen LogP contribution in [-0.4, -0.2) is 39.4 Å². The number of rotatable bonds is 5. The Labute approximate surface area is 160 Å². The molecule has 1 N–H and O–H groups in total. The Morgan fingerprint density at radius 3 is 2.52 bits per heavy atom. The zero-order valence-corrected chi connectivity index (χ0v) is 15.7. The topological polar surface area (TPSA) is 52.9 Å². The molecule has 1 aliphatic carbocycles. The van der Waals surface area contributed by atoms with E-state index < -0.39 is 24.2 Å². The van der Waals surface area contributed by atoms with Crippen LogP contribution in [0.1, 0.15) is 44.1 Å². The summed E-state index contributed by atoms with van der Waals surface area (Å²) < 4.78 is 40.7. The van der Waals surface area contributed by atoms with E-state index in [1.54, 1.807) is 0 Å². The third-order valence-corrected chi connectivity index (χ3v) is 6.10. The second-order valence-corrected chi connectivity index (χ2v) is 8.09. The molecule has 148 valence electrons. The molecule has 1 fully saturated rings. The number of hydrogen-bond donors (Lipinski definition) is 1. The third kappa shape index (κ3) is 4.48. The van der Waals surface area contributed by atoms with E-state index in [-0.39, 0.29) is 16.7 Å². The number of nitrogens with zero attached hydrogens (tertiary/aromatic N) is 2. The van der Waals surface area contributed by atoms with Gasteiger partial charge in [0.2, 0.25) is 0 Å². The van der Waals surface area contributed by atoms with E-state index in [0.717, 1.165) is 37.7 Å². The molecule has 4 nitrogen and oxygen atoms in total. The van der Waals surface area contributed by atoms with Crippen molar-refractivity contribution in [3.05, 3.63) is 35.9 Å². The summed E-state index contributed by atoms with van der Waals surface area (Å²) in [5, 5.41) is 14.6. The molecule has 3 rings (SSSR count). The smallest absolute Gasteiger partial charge is 0.362 e. The van der Waals surface area contributed by atoms with Crippen LogP contribution in [0.3, 0.4) is 0 Å². The molecule has 0 unspecified atom stereocenters. The summed E-state index contributed by atoms with van der Waals surface area (Å²) in [7, 11) is 0. The molecule has 1 heterocycles. The van der Waals surface area contributed by atoms with Crippen molar-refractivity contribution in [3.8, 4) is 0 Å². The number of halogens is 3. The maximum atomic E-state index is 13.6. The zero-order valence-electron chi connectivity index (χ0n) is 14.9. The van der Waals surface area contributed by atoms with E-state index in [1.807, 2.05) is 30.3 Å². The number of carbonyl (C=O) groups is 1. The summed E-state index contributed by atoms with van der Waals surface area (Å²) in [5.74, 6) is -0.567. The minimum atomic E-state index is -4.95. The summed E-state index contributed by atoms with van der Waals surface area (Å²) in [6.07, 6.45) is -1.13. The van der Waals surface area contributed by atoms with Gasteiger partial charge in [0.1, 0.15) is 0 Å². The van der Waals surface area contributed by atoms with Gasteiger partial charge in [0.25, 0.3) is 11.6 Å². The van der Waals surface area contributed by atoms with E-state index in [1.165, 1.54) is 11.8 Å². The maximum Gasteiger partial charge on any atom is 0.438 e. The van der Waals surface area contributed by atoms with E-state index in [2.05, 4.69) is 5.10 Å². The summed E-state index contributed by atoms with van der Waals surface area (Å²) in [5.41, 5.74) is -1.95. The van der Waals surface area contributed by atoms with Crippen molar-refractivity contribution in [2.75, 3.05) is 5.75 Å². The number of amides is 1. The molecule has 1 aromatic carbocycles. The van der Waals surface area contributed by atoms with Crippen LogP contribution in [0, 0.1) is 5.92 Å². The summed E-state index contributed by atoms with van der Waals surface area (Å²) >= 11 is 1.21. The molecule has 1 atom stereocenters. The third-order valence-electron chi connectivity index (χ3n) is 5.11. The normalized spacial score (nSPS) is 24.1. The first kappa shape index (κ1) is 20.2. The van der Waals surface area contributed by atoms with Crippen LogP contribution >= 0.6 is 11.8 Å². The molecule has 1 amide bonds. The van der Waals surface area contributed by atoms with Gasteiger partial charge in [-0.15, -0.1) is 11.8 Å². The highest BCUT2D eigenvalue weighted by Gasteiger charge is 2.63. The fourth-order valence-corrected chi connectivity index (χ4v) is 4.44. The SMILES string of the molecule is O=C(CSCc1ccccc1)N1N=C(C2CCCCC2)C[C@]1(O)C(F)(F)F. The van der Waals surface area contributed by atoms with Gasteiger partial charge >= 0.3 is 6.18 Å². The van der Waals surface area contributed by atoms with E-state index in [4.69, 9.17) is 0 Å². The first-order valence-electron chi connectivity index (χ1n) is 9.12. The molecule has 1 saturated carbocycles. The Balaban J connectivity index is 1.70. The van der Waals surface area contributed by atoms with Crippen molar-refractivity contribution in [2.45, 2.75) is 56.2 Å². The van der Waals surface area contributed by atoms with Gasteiger partial charge in [0.05, 0.1) is 5.75 Å². The van der Waals surface area contributed by atoms with Gasteiger partial charge in [0.15, 0.2) is 0 Å². The van der Waals surface area contributed by atoms with Gasteiger partial charge in [-0.1, -0.05) is 49.6 Å². The summed E-state index contributed by atoms with van der Waals surface area (Å²) in [6.45, 7) is 0. The van der Waals surface area contributed by atoms with Crippen molar-refractivity contribution in [1.29, 1.82) is 0 Å². The number of thioether (sulfide) groups is 1. The first-order valence-corrected chi connectivity index (χ1v) is 10.3. The van der Waals surface area contributed by atoms with Crippen molar-refractivity contribution < 1.29 is 23.1 Å². The Hall–Kier alpha value is -1.54. The molecule has 0 radical (unpaired) electrons. The minimum absolute atomic E-state index is 0.0811. The van der Waals surface area contributed by atoms with Crippen LogP contribution in [0.4, 0.5) is 13.2 Å². The molecule has 0 aromatic heterocycles. The number of carbonyl (C=O) groups excluding carboxylic acids is 1. The molecular formula is C19H23F3N2O2S. The molecule has 1 aliphatic heterocycles. The standard InChI is InChI=1S/C19H23F3N2O2S/c20-19(21,22)18(26)11-16(15-9-5-2-6-10-15)23-24(18)17(25)13-27-12-14-7-3-1-4-8-14/h1,3-4,7-8,15,26H,2,5-6,9-13H2/t18-/m0/s1. The van der Waals surface area contributed by atoms with Gasteiger partial charge in [-0.05, 0) is 24.3 Å². The van der Waals surface area contributed by atoms with Crippen molar-refractivity contribution in [3.63, 3.8) is 0 Å². The van der Waals surface area contributed by atoms with Crippen LogP contribution in [0.2, 0.25) is 0 Å². The number of hydrazone groups is 1. The monoisotopic (exact) mass is 400 g/mol. The molecule has 1 aromatic rings. The fraction of sp³-hybridized carbons (Fsp3) is 0.579. The Morgan fingerprint density at radius 2 is 1.89 bits per heavy atom. The Kier molecular flexibility index (Phi) is 6.15. The lowest BCUT2D eigenvalue weighted by Gasteiger charge is -2.32. The second-order valence-electron chi connectivity index (χ2n) is 7.10. The first-order chi connectivity index (χ1) is 12.8. The average Bonchev–Trinajstić information content (AvgIpc) is 3.02. The lowest BCUT2D eigenvalue weighted by atomic mass is 9.83. The van der Waals surface area contributed by atoms with E-state index >= 15 is 0 Å². The van der Waals surface area contributed by atoms with Crippen LogP contribution in [-0.2, 0) is 10.5 Å². The highest BCUT2D eigenvalue weighted by Crippen LogP contribution is 2.43. The highest BCUT2D eigenvalue weighted by atomic mass is 32.2. The largest absolute Gasteiger partial charge is 0.438 e. The van der Waals surface area contributed by atoms with Crippen LogP contribution in [0.15, 0.2) is 35.4 Å². The maximum absolute atomic E-state index is 13.6. The number of aliphatic hydroxyl groups is 1. The molecule has 2 aliphatic rings. The summed E-state index contributed by atoms with van der Waals surface area (Å²) in [4.78, 5) is 12.5. The van der Waals surface area contributed by atoms with Gasteiger partial charge in [-0.2, -0.15) is 23.3 Å². The number of alkyl halides is 3. The molecule has 0 bridgehead atoms. The molecular weight excluding hydrogens is 377 g/mol. The number of benzene rings is 1. The van der Waals surface area contributed by atoms with Gasteiger partial charge in [-0.25, -0.2) is 0 Å². The molecule has 27 heavy (non-hydrogen) atoms. The number of hydrogen-bond acceptors (Lipinski definition) is 4. The van der Waals surface area contributed by atoms with Crippen LogP contribution in [0.5, 0.6) is 0 Å². The zero-order chi connectivity index (χ0) is 19.5. The summed E-state index contributed by atoms with van der Waals surface area (Å²) in [6, 6.07) is 9.37. The van der Waals surface area contributed by atoms with Crippen molar-refractivity contribution in [1.82, 2.24) is 5.01 Å². The fourth-order valence-electron chi connectivity index (χ4n) is 3.61. The Morgan fingerprint density at radius 1 is 1.22 bits per heavy atom. The molecule has 0 saturated heterocycles. The molecule has 0 spiro atoms. The van der Waals surface area contributed by atoms with Crippen molar-refractivity contribution in [2.24, 2.45) is 11.0 Å². The average molecular weight is 400 g/mol. The van der Waals surface area contributed by atoms with Gasteiger partial charge in [0, 0.05) is 17.9 Å². The lowest BCUT2D eigenvalue weighted by molar-refractivity contribution is -0.301. The Bertz CT molecular complexity index is 690. The second kappa shape index (κ2) is 8.22. The highest BCUT2D eigenvalue weighted by molar-refractivity contribution is 7.99. The van der Waals surface area contributed by atoms with Crippen LogP contribution < -0.4 is 0 Å². The van der Waals surface area contributed by atoms with Crippen LogP contribution in [0.25, 0.3) is 0 Å². The quantitative estimate of drug-likeness (QED) is 0.800. The predicted octanol–water partition coefficient (Wildman–Crippen LogP) is 4.34. The minimum Gasteiger partial charge on any atom is -0.362 e. The van der Waals surface area contributed by atoms with Gasteiger partial charge in [-0.3, -0.25) is 4.79 Å². The van der Waals surface area contributed by atoms with E-state index in [9.17, 15) is 23.1 Å². The van der Waals surface area contributed by atoms with E-state index in [0.29, 0.717) is 11.5 Å².